The molecule has 0 radical (unpaired) electrons. The van der Waals surface area contributed by atoms with Gasteiger partial charge < -0.3 is 15.2 Å². The molecule has 0 fully saturated rings. The van der Waals surface area contributed by atoms with E-state index in [-0.39, 0.29) is 0 Å². The highest BCUT2D eigenvalue weighted by atomic mass is 35.5. The Hall–Kier alpha value is -1.26. The van der Waals surface area contributed by atoms with Crippen LogP contribution >= 0.6 is 11.6 Å². The van der Waals surface area contributed by atoms with Gasteiger partial charge in [-0.1, -0.05) is 25.4 Å². The number of benzene rings is 1. The summed E-state index contributed by atoms with van der Waals surface area (Å²) >= 11 is 6.00. The van der Waals surface area contributed by atoms with Gasteiger partial charge in [0, 0.05) is 5.69 Å². The lowest BCUT2D eigenvalue weighted by molar-refractivity contribution is -0.118. The van der Waals surface area contributed by atoms with Crippen LogP contribution in [-0.4, -0.2) is 24.2 Å². The summed E-state index contributed by atoms with van der Waals surface area (Å²) in [6, 6.07) is 4.96. The summed E-state index contributed by atoms with van der Waals surface area (Å²) in [6.07, 6.45) is 0. The fourth-order valence-corrected chi connectivity index (χ4v) is 1.39. The van der Waals surface area contributed by atoms with E-state index in [1.165, 1.54) is 0 Å². The van der Waals surface area contributed by atoms with Crippen molar-refractivity contribution in [3.05, 3.63) is 23.2 Å². The summed E-state index contributed by atoms with van der Waals surface area (Å²) in [6.45, 7) is 4.12. The zero-order chi connectivity index (χ0) is 12.8. The molecule has 0 aliphatic heterocycles. The third-order valence-corrected chi connectivity index (χ3v) is 2.23. The number of ether oxygens (including phenoxy) is 1. The van der Waals surface area contributed by atoms with E-state index in [4.69, 9.17) is 21.4 Å². The Morgan fingerprint density at radius 1 is 1.53 bits per heavy atom. The fraction of sp³-hybridized carbons (Fsp3) is 0.417. The number of rotatable bonds is 5. The van der Waals surface area contributed by atoms with Gasteiger partial charge in [0.1, 0.15) is 12.4 Å². The predicted octanol–water partition coefficient (Wildman–Crippen LogP) is 2.31. The number of aliphatic hydroxyl groups is 1. The molecule has 1 rings (SSSR count). The average Bonchev–Trinajstić information content (AvgIpc) is 2.27. The van der Waals surface area contributed by atoms with E-state index < -0.39 is 12.5 Å². The van der Waals surface area contributed by atoms with Gasteiger partial charge in [0.05, 0.1) is 11.6 Å². The van der Waals surface area contributed by atoms with E-state index >= 15 is 0 Å². The summed E-state index contributed by atoms with van der Waals surface area (Å²) in [5.41, 5.74) is 0.533. The average molecular weight is 258 g/mol. The van der Waals surface area contributed by atoms with Crippen LogP contribution in [0.15, 0.2) is 18.2 Å². The van der Waals surface area contributed by atoms with Crippen molar-refractivity contribution in [3.8, 4) is 5.75 Å². The van der Waals surface area contributed by atoms with Gasteiger partial charge in [-0.3, -0.25) is 4.79 Å². The summed E-state index contributed by atoms with van der Waals surface area (Å²) in [7, 11) is 0. The Kier molecular flexibility index (Phi) is 5.25. The van der Waals surface area contributed by atoms with Crippen molar-refractivity contribution in [1.29, 1.82) is 0 Å². The quantitative estimate of drug-likeness (QED) is 0.851. The Bertz CT molecular complexity index is 393. The van der Waals surface area contributed by atoms with Crippen molar-refractivity contribution >= 4 is 23.2 Å². The van der Waals surface area contributed by atoms with Crippen molar-refractivity contribution in [2.24, 2.45) is 5.92 Å². The van der Waals surface area contributed by atoms with Crippen LogP contribution in [0, 0.1) is 5.92 Å². The second-order valence-corrected chi connectivity index (χ2v) is 4.46. The van der Waals surface area contributed by atoms with E-state index in [9.17, 15) is 4.79 Å². The molecule has 0 spiro atoms. The van der Waals surface area contributed by atoms with Crippen LogP contribution in [0.4, 0.5) is 5.69 Å². The second-order valence-electron chi connectivity index (χ2n) is 4.06. The molecule has 0 saturated carbocycles. The van der Waals surface area contributed by atoms with E-state index in [1.807, 2.05) is 13.8 Å². The molecule has 0 heterocycles. The van der Waals surface area contributed by atoms with Gasteiger partial charge in [-0.2, -0.15) is 0 Å². The molecule has 0 aliphatic carbocycles. The molecule has 1 amide bonds. The molecule has 0 aromatic heterocycles. The van der Waals surface area contributed by atoms with Crippen molar-refractivity contribution < 1.29 is 14.6 Å². The number of carbonyl (C=O) groups excluding carboxylic acids is 1. The number of carbonyl (C=O) groups is 1. The van der Waals surface area contributed by atoms with E-state index in [2.05, 4.69) is 5.32 Å². The molecule has 0 atom stereocenters. The van der Waals surface area contributed by atoms with Crippen LogP contribution in [0.1, 0.15) is 13.8 Å². The highest BCUT2D eigenvalue weighted by Crippen LogP contribution is 2.27. The summed E-state index contributed by atoms with van der Waals surface area (Å²) in [5.74, 6) is 0.527. The van der Waals surface area contributed by atoms with Crippen LogP contribution in [0.3, 0.4) is 0 Å². The van der Waals surface area contributed by atoms with E-state index in [0.717, 1.165) is 0 Å². The maximum atomic E-state index is 11.0. The van der Waals surface area contributed by atoms with Gasteiger partial charge in [-0.15, -0.1) is 0 Å². The van der Waals surface area contributed by atoms with Crippen molar-refractivity contribution in [2.75, 3.05) is 18.5 Å². The largest absolute Gasteiger partial charge is 0.492 e. The summed E-state index contributed by atoms with van der Waals surface area (Å²) in [4.78, 5) is 11.0. The minimum atomic E-state index is -0.552. The lowest BCUT2D eigenvalue weighted by Crippen LogP contribution is -2.15. The highest BCUT2D eigenvalue weighted by Gasteiger charge is 2.06. The first-order valence-corrected chi connectivity index (χ1v) is 5.73. The molecule has 4 nitrogen and oxygen atoms in total. The van der Waals surface area contributed by atoms with Gasteiger partial charge >= 0.3 is 0 Å². The third-order valence-electron chi connectivity index (χ3n) is 1.93. The van der Waals surface area contributed by atoms with E-state index in [0.29, 0.717) is 29.0 Å². The maximum Gasteiger partial charge on any atom is 0.250 e. The number of halogens is 1. The minimum absolute atomic E-state index is 0.417. The standard InChI is InChI=1S/C12H16ClNO3/c1-8(2)7-17-11-4-3-9(5-10(11)13)14-12(16)6-15/h3-5,8,15H,6-7H2,1-2H3,(H,14,16). The Morgan fingerprint density at radius 2 is 2.24 bits per heavy atom. The SMILES string of the molecule is CC(C)COc1ccc(NC(=O)CO)cc1Cl. The van der Waals surface area contributed by atoms with Crippen LogP contribution in [-0.2, 0) is 4.79 Å². The smallest absolute Gasteiger partial charge is 0.250 e. The van der Waals surface area contributed by atoms with Crippen molar-refractivity contribution in [2.45, 2.75) is 13.8 Å². The molecule has 1 aromatic rings. The zero-order valence-electron chi connectivity index (χ0n) is 9.87. The van der Waals surface area contributed by atoms with Crippen LogP contribution in [0.25, 0.3) is 0 Å². The normalized spacial score (nSPS) is 10.4. The molecule has 0 unspecified atom stereocenters. The minimum Gasteiger partial charge on any atom is -0.492 e. The molecule has 0 bridgehead atoms. The third kappa shape index (κ3) is 4.63. The second kappa shape index (κ2) is 6.47. The predicted molar refractivity (Wildman–Crippen MR) is 67.5 cm³/mol. The molecule has 17 heavy (non-hydrogen) atoms. The first-order chi connectivity index (χ1) is 8.02. The van der Waals surface area contributed by atoms with Crippen molar-refractivity contribution in [3.63, 3.8) is 0 Å². The molecule has 1 aromatic carbocycles. The molecule has 5 heteroatoms. The maximum absolute atomic E-state index is 11.0. The van der Waals surface area contributed by atoms with Crippen LogP contribution in [0.5, 0.6) is 5.75 Å². The summed E-state index contributed by atoms with van der Waals surface area (Å²) in [5, 5.41) is 11.5. The van der Waals surface area contributed by atoms with Gasteiger partial charge in [0.25, 0.3) is 0 Å². The van der Waals surface area contributed by atoms with Crippen LogP contribution < -0.4 is 10.1 Å². The van der Waals surface area contributed by atoms with Crippen molar-refractivity contribution in [1.82, 2.24) is 0 Å². The number of hydrogen-bond donors (Lipinski definition) is 2. The Balaban J connectivity index is 2.69. The molecule has 2 N–H and O–H groups in total. The topological polar surface area (TPSA) is 58.6 Å². The van der Waals surface area contributed by atoms with Gasteiger partial charge in [-0.25, -0.2) is 0 Å². The first kappa shape index (κ1) is 13.8. The Morgan fingerprint density at radius 3 is 2.76 bits per heavy atom. The first-order valence-electron chi connectivity index (χ1n) is 5.36. The van der Waals surface area contributed by atoms with Gasteiger partial charge in [0.2, 0.25) is 5.91 Å². The van der Waals surface area contributed by atoms with E-state index in [1.54, 1.807) is 18.2 Å². The van der Waals surface area contributed by atoms with Gasteiger partial charge in [-0.05, 0) is 24.1 Å². The Labute approximate surface area is 106 Å². The zero-order valence-corrected chi connectivity index (χ0v) is 10.6. The molecule has 94 valence electrons. The number of anilines is 1. The number of nitrogens with one attached hydrogen (secondary N) is 1. The molecular weight excluding hydrogens is 242 g/mol. The lowest BCUT2D eigenvalue weighted by atomic mass is 10.2. The number of hydrogen-bond acceptors (Lipinski definition) is 3. The highest BCUT2D eigenvalue weighted by molar-refractivity contribution is 6.32. The lowest BCUT2D eigenvalue weighted by Gasteiger charge is -2.11. The fourth-order valence-electron chi connectivity index (χ4n) is 1.15. The summed E-state index contributed by atoms with van der Waals surface area (Å²) < 4.78 is 5.49. The number of aliphatic hydroxyl groups excluding tert-OH is 1. The van der Waals surface area contributed by atoms with Crippen LogP contribution in [0.2, 0.25) is 5.02 Å². The molecular formula is C12H16ClNO3. The molecule has 0 aliphatic rings. The number of amides is 1. The van der Waals surface area contributed by atoms with Gasteiger partial charge in [0.15, 0.2) is 0 Å². The monoisotopic (exact) mass is 257 g/mol. The molecule has 0 saturated heterocycles.